The summed E-state index contributed by atoms with van der Waals surface area (Å²) in [6.07, 6.45) is 1.67. The van der Waals surface area contributed by atoms with E-state index in [0.717, 1.165) is 24.1 Å². The van der Waals surface area contributed by atoms with Crippen LogP contribution >= 0.6 is 0 Å². The van der Waals surface area contributed by atoms with E-state index in [1.54, 1.807) is 4.90 Å². The Hall–Kier alpha value is -1.39. The third-order valence-electron chi connectivity index (χ3n) is 3.57. The molecule has 4 heteroatoms. The number of nitrogens with two attached hydrogens (primary N) is 1. The summed E-state index contributed by atoms with van der Waals surface area (Å²) in [5.41, 5.74) is 7.56. The summed E-state index contributed by atoms with van der Waals surface area (Å²) >= 11 is 0. The Morgan fingerprint density at radius 3 is 2.53 bits per heavy atom. The van der Waals surface area contributed by atoms with Crippen molar-refractivity contribution in [2.45, 2.75) is 45.4 Å². The topological polar surface area (TPSA) is 55.6 Å². The van der Waals surface area contributed by atoms with Gasteiger partial charge in [-0.2, -0.15) is 0 Å². The molecule has 2 unspecified atom stereocenters. The van der Waals surface area contributed by atoms with Crippen molar-refractivity contribution in [3.63, 3.8) is 0 Å². The Balaban J connectivity index is 2.12. The standard InChI is InChI=1S/C15H22N2O2/c1-3-17(13-7-5-12(10-16)6-8-13)15(18)14-9-4-11(2)19-14/h5-8,11,14H,3-4,9-10,16H2,1-2H3. The summed E-state index contributed by atoms with van der Waals surface area (Å²) in [5, 5.41) is 0. The first-order chi connectivity index (χ1) is 9.15. The van der Waals surface area contributed by atoms with Gasteiger partial charge in [-0.05, 0) is 44.4 Å². The second-order valence-corrected chi connectivity index (χ2v) is 4.97. The van der Waals surface area contributed by atoms with Crippen LogP contribution in [0.25, 0.3) is 0 Å². The van der Waals surface area contributed by atoms with Crippen LogP contribution in [-0.2, 0) is 16.1 Å². The predicted octanol–water partition coefficient (Wildman–Crippen LogP) is 2.07. The second-order valence-electron chi connectivity index (χ2n) is 4.97. The lowest BCUT2D eigenvalue weighted by Crippen LogP contribution is -2.39. The molecule has 104 valence electrons. The van der Waals surface area contributed by atoms with Crippen LogP contribution in [-0.4, -0.2) is 24.7 Å². The second kappa shape index (κ2) is 6.17. The van der Waals surface area contributed by atoms with E-state index in [0.29, 0.717) is 13.1 Å². The van der Waals surface area contributed by atoms with Gasteiger partial charge in [-0.25, -0.2) is 0 Å². The van der Waals surface area contributed by atoms with Crippen molar-refractivity contribution < 1.29 is 9.53 Å². The smallest absolute Gasteiger partial charge is 0.256 e. The van der Waals surface area contributed by atoms with Crippen LogP contribution < -0.4 is 10.6 Å². The average Bonchev–Trinajstić information content (AvgIpc) is 2.87. The first-order valence-corrected chi connectivity index (χ1v) is 6.91. The highest BCUT2D eigenvalue weighted by Gasteiger charge is 2.31. The summed E-state index contributed by atoms with van der Waals surface area (Å²) < 4.78 is 5.66. The molecular formula is C15H22N2O2. The van der Waals surface area contributed by atoms with E-state index in [2.05, 4.69) is 0 Å². The molecule has 0 saturated carbocycles. The average molecular weight is 262 g/mol. The van der Waals surface area contributed by atoms with Gasteiger partial charge in [0.05, 0.1) is 6.10 Å². The van der Waals surface area contributed by atoms with Crippen LogP contribution in [0.1, 0.15) is 32.3 Å². The van der Waals surface area contributed by atoms with E-state index in [-0.39, 0.29) is 18.1 Å². The number of hydrogen-bond donors (Lipinski definition) is 1. The molecule has 1 saturated heterocycles. The van der Waals surface area contributed by atoms with E-state index in [4.69, 9.17) is 10.5 Å². The molecule has 19 heavy (non-hydrogen) atoms. The maximum absolute atomic E-state index is 12.5. The summed E-state index contributed by atoms with van der Waals surface area (Å²) in [6, 6.07) is 7.82. The lowest BCUT2D eigenvalue weighted by Gasteiger charge is -2.24. The number of benzene rings is 1. The van der Waals surface area contributed by atoms with Gasteiger partial charge in [-0.1, -0.05) is 12.1 Å². The first-order valence-electron chi connectivity index (χ1n) is 6.91. The van der Waals surface area contributed by atoms with Crippen LogP contribution in [0.4, 0.5) is 5.69 Å². The number of carbonyl (C=O) groups is 1. The number of rotatable bonds is 4. The third kappa shape index (κ3) is 3.14. The maximum Gasteiger partial charge on any atom is 0.256 e. The molecule has 4 nitrogen and oxygen atoms in total. The van der Waals surface area contributed by atoms with Crippen molar-refractivity contribution in [1.82, 2.24) is 0 Å². The number of ether oxygens (including phenoxy) is 1. The van der Waals surface area contributed by atoms with Gasteiger partial charge in [0.15, 0.2) is 0 Å². The molecule has 1 aliphatic heterocycles. The van der Waals surface area contributed by atoms with Crippen LogP contribution in [0.2, 0.25) is 0 Å². The number of carbonyl (C=O) groups excluding carboxylic acids is 1. The van der Waals surface area contributed by atoms with Gasteiger partial charge in [0.1, 0.15) is 6.10 Å². The van der Waals surface area contributed by atoms with Crippen LogP contribution in [0.3, 0.4) is 0 Å². The first kappa shape index (κ1) is 14.0. The predicted molar refractivity (Wildman–Crippen MR) is 75.9 cm³/mol. The van der Waals surface area contributed by atoms with Crippen molar-refractivity contribution in [3.05, 3.63) is 29.8 Å². The van der Waals surface area contributed by atoms with Crippen molar-refractivity contribution in [1.29, 1.82) is 0 Å². The monoisotopic (exact) mass is 262 g/mol. The van der Waals surface area contributed by atoms with Crippen molar-refractivity contribution >= 4 is 11.6 Å². The van der Waals surface area contributed by atoms with Crippen LogP contribution in [0.5, 0.6) is 0 Å². The van der Waals surface area contributed by atoms with Gasteiger partial charge < -0.3 is 15.4 Å². The van der Waals surface area contributed by atoms with Gasteiger partial charge in [-0.3, -0.25) is 4.79 Å². The fourth-order valence-corrected chi connectivity index (χ4v) is 2.44. The van der Waals surface area contributed by atoms with Gasteiger partial charge >= 0.3 is 0 Å². The highest BCUT2D eigenvalue weighted by Crippen LogP contribution is 2.24. The Labute approximate surface area is 114 Å². The van der Waals surface area contributed by atoms with Gasteiger partial charge in [0.25, 0.3) is 5.91 Å². The number of anilines is 1. The molecule has 0 bridgehead atoms. The molecule has 1 aromatic rings. The van der Waals surface area contributed by atoms with Gasteiger partial charge in [0, 0.05) is 18.8 Å². The molecule has 1 amide bonds. The highest BCUT2D eigenvalue weighted by molar-refractivity contribution is 5.96. The SMILES string of the molecule is CCN(C(=O)C1CCC(C)O1)c1ccc(CN)cc1. The third-order valence-corrected chi connectivity index (χ3v) is 3.57. The Kier molecular flexibility index (Phi) is 4.56. The van der Waals surface area contributed by atoms with Crippen molar-refractivity contribution in [2.24, 2.45) is 5.73 Å². The van der Waals surface area contributed by atoms with Crippen LogP contribution in [0.15, 0.2) is 24.3 Å². The zero-order chi connectivity index (χ0) is 13.8. The lowest BCUT2D eigenvalue weighted by atomic mass is 10.1. The van der Waals surface area contributed by atoms with Gasteiger partial charge in [-0.15, -0.1) is 0 Å². The molecule has 0 aliphatic carbocycles. The molecule has 1 heterocycles. The maximum atomic E-state index is 12.5. The van der Waals surface area contributed by atoms with Gasteiger partial charge in [0.2, 0.25) is 0 Å². The summed E-state index contributed by atoms with van der Waals surface area (Å²) in [4.78, 5) is 14.2. The normalized spacial score (nSPS) is 22.5. The summed E-state index contributed by atoms with van der Waals surface area (Å²) in [7, 11) is 0. The molecule has 1 aromatic carbocycles. The number of likely N-dealkylation sites (N-methyl/N-ethyl adjacent to an activating group) is 1. The Bertz CT molecular complexity index is 430. The molecule has 2 N–H and O–H groups in total. The van der Waals surface area contributed by atoms with E-state index >= 15 is 0 Å². The van der Waals surface area contributed by atoms with Crippen molar-refractivity contribution in [2.75, 3.05) is 11.4 Å². The summed E-state index contributed by atoms with van der Waals surface area (Å²) in [6.45, 7) is 5.16. The lowest BCUT2D eigenvalue weighted by molar-refractivity contribution is -0.128. The van der Waals surface area contributed by atoms with E-state index in [1.165, 1.54) is 0 Å². The minimum Gasteiger partial charge on any atom is -0.365 e. The zero-order valence-corrected chi connectivity index (χ0v) is 11.6. The fraction of sp³-hybridized carbons (Fsp3) is 0.533. The van der Waals surface area contributed by atoms with E-state index < -0.39 is 0 Å². The minimum absolute atomic E-state index is 0.0624. The summed E-state index contributed by atoms with van der Waals surface area (Å²) in [5.74, 6) is 0.0624. The minimum atomic E-state index is -0.288. The molecule has 2 rings (SSSR count). The fourth-order valence-electron chi connectivity index (χ4n) is 2.44. The molecule has 0 radical (unpaired) electrons. The van der Waals surface area contributed by atoms with Crippen molar-refractivity contribution in [3.8, 4) is 0 Å². The number of amides is 1. The van der Waals surface area contributed by atoms with E-state index in [9.17, 15) is 4.79 Å². The Morgan fingerprint density at radius 2 is 2.05 bits per heavy atom. The number of hydrogen-bond acceptors (Lipinski definition) is 3. The molecule has 0 spiro atoms. The molecule has 1 fully saturated rings. The van der Waals surface area contributed by atoms with Crippen LogP contribution in [0, 0.1) is 0 Å². The van der Waals surface area contributed by atoms with E-state index in [1.807, 2.05) is 38.1 Å². The quantitative estimate of drug-likeness (QED) is 0.903. The largest absolute Gasteiger partial charge is 0.365 e. The molecule has 0 aromatic heterocycles. The molecule has 1 aliphatic rings. The molecular weight excluding hydrogens is 240 g/mol. The molecule has 2 atom stereocenters. The Morgan fingerprint density at radius 1 is 1.37 bits per heavy atom. The zero-order valence-electron chi connectivity index (χ0n) is 11.6. The highest BCUT2D eigenvalue weighted by atomic mass is 16.5. The number of nitrogens with zero attached hydrogens (tertiary/aromatic N) is 1.